The van der Waals surface area contributed by atoms with Crippen molar-refractivity contribution in [1.29, 1.82) is 0 Å². The van der Waals surface area contributed by atoms with Gasteiger partial charge in [0, 0.05) is 24.7 Å². The molecule has 2 aromatic heterocycles. The molecule has 2 heterocycles. The highest BCUT2D eigenvalue weighted by molar-refractivity contribution is 5.90. The van der Waals surface area contributed by atoms with Gasteiger partial charge < -0.3 is 10.1 Å². The third-order valence-corrected chi connectivity index (χ3v) is 3.13. The Balaban J connectivity index is 1.57. The fraction of sp³-hybridized carbons (Fsp3) is 0.385. The Labute approximate surface area is 115 Å². The number of pyridine rings is 1. The number of hydrogen-bond donors (Lipinski definition) is 2. The fourth-order valence-corrected chi connectivity index (χ4v) is 1.81. The summed E-state index contributed by atoms with van der Waals surface area (Å²) >= 11 is 0. The van der Waals surface area contributed by atoms with Gasteiger partial charge in [-0.2, -0.15) is 0 Å². The zero-order chi connectivity index (χ0) is 13.9. The smallest absolute Gasteiger partial charge is 0.291 e. The summed E-state index contributed by atoms with van der Waals surface area (Å²) in [4.78, 5) is 20.2. The van der Waals surface area contributed by atoms with Crippen LogP contribution in [0.5, 0.6) is 5.88 Å². The number of carbonyl (C=O) groups is 1. The number of aromatic nitrogens is 4. The zero-order valence-electron chi connectivity index (χ0n) is 11.1. The number of amides is 1. The molecule has 7 heteroatoms. The van der Waals surface area contributed by atoms with Gasteiger partial charge in [-0.1, -0.05) is 6.07 Å². The largest absolute Gasteiger partial charge is 0.481 e. The van der Waals surface area contributed by atoms with E-state index in [1.54, 1.807) is 19.4 Å². The molecule has 1 fully saturated rings. The Morgan fingerprint density at radius 2 is 2.35 bits per heavy atom. The van der Waals surface area contributed by atoms with E-state index in [2.05, 4.69) is 25.5 Å². The molecule has 0 unspecified atom stereocenters. The predicted octanol–water partition coefficient (Wildman–Crippen LogP) is 1.02. The monoisotopic (exact) mass is 273 g/mol. The Morgan fingerprint density at radius 3 is 3.00 bits per heavy atom. The number of rotatable bonds is 5. The van der Waals surface area contributed by atoms with Gasteiger partial charge in [0.1, 0.15) is 5.82 Å². The molecule has 0 radical (unpaired) electrons. The van der Waals surface area contributed by atoms with Gasteiger partial charge >= 0.3 is 0 Å². The molecule has 0 bridgehead atoms. The first-order chi connectivity index (χ1) is 9.76. The molecule has 20 heavy (non-hydrogen) atoms. The minimum Gasteiger partial charge on any atom is -0.481 e. The number of carbonyl (C=O) groups excluding carboxylic acids is 1. The van der Waals surface area contributed by atoms with Gasteiger partial charge in [-0.3, -0.25) is 9.89 Å². The van der Waals surface area contributed by atoms with Crippen LogP contribution in [0.1, 0.15) is 40.8 Å². The van der Waals surface area contributed by atoms with E-state index in [0.29, 0.717) is 18.3 Å². The van der Waals surface area contributed by atoms with Crippen molar-refractivity contribution in [1.82, 2.24) is 25.5 Å². The molecular weight excluding hydrogens is 258 g/mol. The number of nitrogens with one attached hydrogen (secondary N) is 2. The number of nitrogens with zero attached hydrogens (tertiary/aromatic N) is 3. The van der Waals surface area contributed by atoms with Gasteiger partial charge in [0.05, 0.1) is 7.11 Å². The summed E-state index contributed by atoms with van der Waals surface area (Å²) in [6, 6.07) is 3.60. The van der Waals surface area contributed by atoms with Gasteiger partial charge in [0.15, 0.2) is 0 Å². The number of hydrogen-bond acceptors (Lipinski definition) is 5. The Hall–Kier alpha value is -2.44. The standard InChI is InChI=1S/C13H15N5O2/c1-20-10-5-2-8(6-14-10)7-15-13(19)12-16-11(17-18-12)9-3-4-9/h2,5-6,9H,3-4,7H2,1H3,(H,15,19)(H,16,17,18). The van der Waals surface area contributed by atoms with Crippen LogP contribution in [0.4, 0.5) is 0 Å². The van der Waals surface area contributed by atoms with Crippen molar-refractivity contribution in [3.8, 4) is 5.88 Å². The molecule has 7 nitrogen and oxygen atoms in total. The zero-order valence-corrected chi connectivity index (χ0v) is 11.1. The predicted molar refractivity (Wildman–Crippen MR) is 70.3 cm³/mol. The second-order valence-corrected chi connectivity index (χ2v) is 4.71. The van der Waals surface area contributed by atoms with Crippen LogP contribution >= 0.6 is 0 Å². The summed E-state index contributed by atoms with van der Waals surface area (Å²) in [6.07, 6.45) is 3.90. The molecule has 1 aliphatic rings. The minimum absolute atomic E-state index is 0.188. The lowest BCUT2D eigenvalue weighted by molar-refractivity contribution is 0.0941. The number of methoxy groups -OCH3 is 1. The molecule has 2 aromatic rings. The summed E-state index contributed by atoms with van der Waals surface area (Å²) in [5.74, 6) is 1.71. The first-order valence-corrected chi connectivity index (χ1v) is 6.45. The highest BCUT2D eigenvalue weighted by Crippen LogP contribution is 2.37. The molecule has 0 spiro atoms. The van der Waals surface area contributed by atoms with E-state index in [1.165, 1.54) is 0 Å². The van der Waals surface area contributed by atoms with Crippen LogP contribution in [-0.2, 0) is 6.54 Å². The van der Waals surface area contributed by atoms with E-state index >= 15 is 0 Å². The quantitative estimate of drug-likeness (QED) is 0.848. The summed E-state index contributed by atoms with van der Waals surface area (Å²) in [7, 11) is 1.56. The van der Waals surface area contributed by atoms with Crippen molar-refractivity contribution in [2.24, 2.45) is 0 Å². The lowest BCUT2D eigenvalue weighted by Gasteiger charge is -2.03. The average Bonchev–Trinajstić information content (AvgIpc) is 3.22. The normalized spacial score (nSPS) is 14.1. The van der Waals surface area contributed by atoms with Gasteiger partial charge in [-0.15, -0.1) is 5.10 Å². The second kappa shape index (κ2) is 5.28. The molecule has 1 amide bonds. The highest BCUT2D eigenvalue weighted by atomic mass is 16.5. The van der Waals surface area contributed by atoms with Crippen LogP contribution < -0.4 is 10.1 Å². The SMILES string of the molecule is COc1ccc(CNC(=O)c2n[nH]c(C3CC3)n2)cn1. The van der Waals surface area contributed by atoms with Crippen LogP contribution in [0, 0.1) is 0 Å². The maximum atomic E-state index is 11.9. The van der Waals surface area contributed by atoms with Crippen molar-refractivity contribution in [3.05, 3.63) is 35.5 Å². The fourth-order valence-electron chi connectivity index (χ4n) is 1.81. The topological polar surface area (TPSA) is 92.8 Å². The molecule has 3 rings (SSSR count). The summed E-state index contributed by atoms with van der Waals surface area (Å²) in [6.45, 7) is 0.378. The Bertz CT molecular complexity index is 603. The van der Waals surface area contributed by atoms with Crippen LogP contribution in [0.25, 0.3) is 0 Å². The Kier molecular flexibility index (Phi) is 3.32. The van der Waals surface area contributed by atoms with Gasteiger partial charge in [0.25, 0.3) is 5.91 Å². The van der Waals surface area contributed by atoms with Crippen LogP contribution in [0.2, 0.25) is 0 Å². The van der Waals surface area contributed by atoms with E-state index in [0.717, 1.165) is 24.2 Å². The van der Waals surface area contributed by atoms with Crippen LogP contribution in [0.15, 0.2) is 18.3 Å². The van der Waals surface area contributed by atoms with Gasteiger partial charge in [0.2, 0.25) is 11.7 Å². The van der Waals surface area contributed by atoms with Gasteiger partial charge in [-0.05, 0) is 18.4 Å². The van der Waals surface area contributed by atoms with Crippen molar-refractivity contribution in [2.75, 3.05) is 7.11 Å². The molecular formula is C13H15N5O2. The van der Waals surface area contributed by atoms with Crippen LogP contribution in [-0.4, -0.2) is 33.2 Å². The van der Waals surface area contributed by atoms with E-state index in [1.807, 2.05) is 6.07 Å². The molecule has 2 N–H and O–H groups in total. The number of ether oxygens (including phenoxy) is 1. The molecule has 0 aliphatic heterocycles. The lowest BCUT2D eigenvalue weighted by Crippen LogP contribution is -2.24. The maximum Gasteiger partial charge on any atom is 0.291 e. The molecule has 1 saturated carbocycles. The van der Waals surface area contributed by atoms with Crippen LogP contribution in [0.3, 0.4) is 0 Å². The second-order valence-electron chi connectivity index (χ2n) is 4.71. The first-order valence-electron chi connectivity index (χ1n) is 6.45. The van der Waals surface area contributed by atoms with E-state index in [-0.39, 0.29) is 11.7 Å². The van der Waals surface area contributed by atoms with Crippen molar-refractivity contribution in [2.45, 2.75) is 25.3 Å². The summed E-state index contributed by atoms with van der Waals surface area (Å²) in [5.41, 5.74) is 0.886. The molecule has 104 valence electrons. The molecule has 0 aromatic carbocycles. The van der Waals surface area contributed by atoms with Crippen molar-refractivity contribution >= 4 is 5.91 Å². The van der Waals surface area contributed by atoms with Crippen molar-refractivity contribution in [3.63, 3.8) is 0 Å². The Morgan fingerprint density at radius 1 is 1.50 bits per heavy atom. The molecule has 0 saturated heterocycles. The average molecular weight is 273 g/mol. The first kappa shape index (κ1) is 12.6. The van der Waals surface area contributed by atoms with E-state index in [9.17, 15) is 4.79 Å². The molecule has 1 aliphatic carbocycles. The summed E-state index contributed by atoms with van der Waals surface area (Å²) < 4.78 is 4.97. The number of aromatic amines is 1. The molecule has 0 atom stereocenters. The van der Waals surface area contributed by atoms with E-state index < -0.39 is 0 Å². The third kappa shape index (κ3) is 2.76. The minimum atomic E-state index is -0.288. The van der Waals surface area contributed by atoms with Gasteiger partial charge in [-0.25, -0.2) is 9.97 Å². The summed E-state index contributed by atoms with van der Waals surface area (Å²) in [5, 5.41) is 9.50. The third-order valence-electron chi connectivity index (χ3n) is 3.13. The number of H-pyrrole nitrogens is 1. The van der Waals surface area contributed by atoms with E-state index in [4.69, 9.17) is 4.74 Å². The maximum absolute atomic E-state index is 11.9. The highest BCUT2D eigenvalue weighted by Gasteiger charge is 2.28. The van der Waals surface area contributed by atoms with Crippen molar-refractivity contribution < 1.29 is 9.53 Å². The lowest BCUT2D eigenvalue weighted by atomic mass is 10.3.